The van der Waals surface area contributed by atoms with Crippen molar-refractivity contribution in [2.75, 3.05) is 15.8 Å². The summed E-state index contributed by atoms with van der Waals surface area (Å²) in [6.07, 6.45) is 1.53. The molecule has 2 aromatic carbocycles. The van der Waals surface area contributed by atoms with Crippen molar-refractivity contribution in [3.8, 4) is 0 Å². The van der Waals surface area contributed by atoms with Crippen molar-refractivity contribution >= 4 is 27.1 Å². The summed E-state index contributed by atoms with van der Waals surface area (Å²) < 4.78 is 26.4. The lowest BCUT2D eigenvalue weighted by atomic mass is 10.1. The van der Waals surface area contributed by atoms with Crippen LogP contribution >= 0.6 is 0 Å². The normalized spacial score (nSPS) is 11.3. The Balaban J connectivity index is 2.03. The van der Waals surface area contributed by atoms with E-state index in [-0.39, 0.29) is 5.75 Å². The lowest BCUT2D eigenvalue weighted by Crippen LogP contribution is -2.16. The molecule has 0 atom stereocenters. The van der Waals surface area contributed by atoms with Crippen molar-refractivity contribution in [1.82, 2.24) is 0 Å². The molecule has 0 amide bonds. The lowest BCUT2D eigenvalue weighted by Gasteiger charge is -2.11. The van der Waals surface area contributed by atoms with Crippen LogP contribution in [-0.4, -0.2) is 14.2 Å². The van der Waals surface area contributed by atoms with Crippen LogP contribution in [0.15, 0.2) is 42.5 Å². The second-order valence-corrected chi connectivity index (χ2v) is 7.62. The third kappa shape index (κ3) is 5.28. The fourth-order valence-corrected chi connectivity index (χ4v) is 3.44. The Morgan fingerprint density at radius 1 is 0.870 bits per heavy atom. The minimum atomic E-state index is -3.25. The molecule has 124 valence electrons. The summed E-state index contributed by atoms with van der Waals surface area (Å²) in [5.41, 5.74) is 5.02. The van der Waals surface area contributed by atoms with E-state index in [2.05, 4.69) is 36.0 Å². The van der Waals surface area contributed by atoms with E-state index in [0.29, 0.717) is 12.1 Å². The molecule has 0 aliphatic rings. The third-order valence-corrected chi connectivity index (χ3v) is 5.09. The summed E-state index contributed by atoms with van der Waals surface area (Å²) in [4.78, 5) is 0. The van der Waals surface area contributed by atoms with Gasteiger partial charge in [0, 0.05) is 17.1 Å². The Morgan fingerprint density at radius 2 is 1.48 bits per heavy atom. The number of rotatable bonds is 7. The van der Waals surface area contributed by atoms with Crippen LogP contribution in [0.25, 0.3) is 0 Å². The van der Waals surface area contributed by atoms with Gasteiger partial charge < -0.3 is 5.32 Å². The zero-order valence-corrected chi connectivity index (χ0v) is 14.7. The van der Waals surface area contributed by atoms with Crippen LogP contribution in [0.3, 0.4) is 0 Å². The highest BCUT2D eigenvalue weighted by atomic mass is 32.2. The average molecular weight is 332 g/mol. The number of sulfonamides is 1. The van der Waals surface area contributed by atoms with Gasteiger partial charge in [0.25, 0.3) is 0 Å². The maximum atomic E-state index is 11.9. The number of unbranched alkanes of at least 4 members (excludes halogenated alkanes) is 1. The molecule has 4 nitrogen and oxygen atoms in total. The Labute approximate surface area is 139 Å². The molecule has 0 radical (unpaired) electrons. The molecule has 0 fully saturated rings. The molecule has 0 aliphatic heterocycles. The third-order valence-electron chi connectivity index (χ3n) is 3.72. The van der Waals surface area contributed by atoms with Crippen molar-refractivity contribution < 1.29 is 8.42 Å². The summed E-state index contributed by atoms with van der Waals surface area (Å²) in [6.45, 7) is 6.13. The van der Waals surface area contributed by atoms with Crippen molar-refractivity contribution in [3.05, 3.63) is 53.6 Å². The van der Waals surface area contributed by atoms with Crippen LogP contribution in [0, 0.1) is 13.8 Å². The molecule has 0 aromatic heterocycles. The van der Waals surface area contributed by atoms with Gasteiger partial charge in [-0.15, -0.1) is 0 Å². The number of benzene rings is 2. The Morgan fingerprint density at radius 3 is 2.09 bits per heavy atom. The molecule has 5 heteroatoms. The van der Waals surface area contributed by atoms with Crippen molar-refractivity contribution in [3.63, 3.8) is 0 Å². The molecule has 2 aromatic rings. The van der Waals surface area contributed by atoms with Crippen molar-refractivity contribution in [1.29, 1.82) is 0 Å². The van der Waals surface area contributed by atoms with E-state index in [1.54, 1.807) is 12.1 Å². The second kappa shape index (κ2) is 7.51. The van der Waals surface area contributed by atoms with Gasteiger partial charge >= 0.3 is 0 Å². The standard InChI is InChI=1S/C18H24N2O2S/c1-4-5-12-23(21,22)20-17-10-8-16(9-11-17)19-18-7-6-14(2)15(3)13-18/h6-11,13,19-20H,4-5,12H2,1-3H3. The van der Waals surface area contributed by atoms with Gasteiger partial charge in [0.1, 0.15) is 0 Å². The Bertz CT molecular complexity index is 753. The van der Waals surface area contributed by atoms with Gasteiger partial charge in [0.15, 0.2) is 0 Å². The Kier molecular flexibility index (Phi) is 5.66. The van der Waals surface area contributed by atoms with E-state index in [9.17, 15) is 8.42 Å². The first kappa shape index (κ1) is 17.3. The van der Waals surface area contributed by atoms with Gasteiger partial charge in [0.05, 0.1) is 5.75 Å². The summed E-state index contributed by atoms with van der Waals surface area (Å²) in [5, 5.41) is 3.32. The summed E-state index contributed by atoms with van der Waals surface area (Å²) in [5.74, 6) is 0.159. The van der Waals surface area contributed by atoms with E-state index >= 15 is 0 Å². The van der Waals surface area contributed by atoms with E-state index in [1.165, 1.54) is 11.1 Å². The fraction of sp³-hybridized carbons (Fsp3) is 0.333. The van der Waals surface area contributed by atoms with Crippen molar-refractivity contribution in [2.24, 2.45) is 0 Å². The molecule has 23 heavy (non-hydrogen) atoms. The first-order valence-electron chi connectivity index (χ1n) is 7.84. The number of hydrogen-bond donors (Lipinski definition) is 2. The zero-order valence-electron chi connectivity index (χ0n) is 13.9. The maximum Gasteiger partial charge on any atom is 0.232 e. The molecule has 0 spiro atoms. The molecule has 0 bridgehead atoms. The van der Waals surface area contributed by atoms with Crippen LogP contribution in [-0.2, 0) is 10.0 Å². The molecular formula is C18H24N2O2S. The van der Waals surface area contributed by atoms with Gasteiger partial charge in [0.2, 0.25) is 10.0 Å². The van der Waals surface area contributed by atoms with E-state index in [1.807, 2.05) is 25.1 Å². The highest BCUT2D eigenvalue weighted by Gasteiger charge is 2.09. The smallest absolute Gasteiger partial charge is 0.232 e. The number of hydrogen-bond acceptors (Lipinski definition) is 3. The van der Waals surface area contributed by atoms with Gasteiger partial charge in [-0.05, 0) is 67.8 Å². The van der Waals surface area contributed by atoms with E-state index < -0.39 is 10.0 Å². The van der Waals surface area contributed by atoms with Crippen LogP contribution in [0.1, 0.15) is 30.9 Å². The number of aryl methyl sites for hydroxylation is 2. The highest BCUT2D eigenvalue weighted by Crippen LogP contribution is 2.21. The zero-order chi connectivity index (χ0) is 16.9. The van der Waals surface area contributed by atoms with Crippen LogP contribution in [0.4, 0.5) is 17.1 Å². The Hall–Kier alpha value is -2.01. The molecule has 2 N–H and O–H groups in total. The van der Waals surface area contributed by atoms with Crippen molar-refractivity contribution in [2.45, 2.75) is 33.6 Å². The molecule has 0 heterocycles. The quantitative estimate of drug-likeness (QED) is 0.779. The van der Waals surface area contributed by atoms with Gasteiger partial charge in [-0.2, -0.15) is 0 Å². The molecule has 0 aliphatic carbocycles. The average Bonchev–Trinajstić information content (AvgIpc) is 2.51. The fourth-order valence-electron chi connectivity index (χ4n) is 2.17. The van der Waals surface area contributed by atoms with Gasteiger partial charge in [-0.1, -0.05) is 19.4 Å². The monoisotopic (exact) mass is 332 g/mol. The predicted molar refractivity (Wildman–Crippen MR) is 98.0 cm³/mol. The molecule has 0 saturated carbocycles. The van der Waals surface area contributed by atoms with Crippen LogP contribution in [0.5, 0.6) is 0 Å². The lowest BCUT2D eigenvalue weighted by molar-refractivity contribution is 0.598. The molecule has 0 unspecified atom stereocenters. The molecule has 0 saturated heterocycles. The topological polar surface area (TPSA) is 58.2 Å². The maximum absolute atomic E-state index is 11.9. The summed E-state index contributed by atoms with van der Waals surface area (Å²) in [6, 6.07) is 13.5. The predicted octanol–water partition coefficient (Wildman–Crippen LogP) is 4.59. The van der Waals surface area contributed by atoms with Crippen LogP contribution in [0.2, 0.25) is 0 Å². The summed E-state index contributed by atoms with van der Waals surface area (Å²) in [7, 11) is -3.25. The molecule has 2 rings (SSSR count). The summed E-state index contributed by atoms with van der Waals surface area (Å²) >= 11 is 0. The number of anilines is 3. The van der Waals surface area contributed by atoms with Gasteiger partial charge in [-0.3, -0.25) is 4.72 Å². The van der Waals surface area contributed by atoms with Gasteiger partial charge in [-0.25, -0.2) is 8.42 Å². The molecular weight excluding hydrogens is 308 g/mol. The number of nitrogens with one attached hydrogen (secondary N) is 2. The minimum Gasteiger partial charge on any atom is -0.356 e. The largest absolute Gasteiger partial charge is 0.356 e. The van der Waals surface area contributed by atoms with Crippen LogP contribution < -0.4 is 10.0 Å². The van der Waals surface area contributed by atoms with E-state index in [4.69, 9.17) is 0 Å². The first-order chi connectivity index (χ1) is 10.9. The van der Waals surface area contributed by atoms with E-state index in [0.717, 1.165) is 17.8 Å². The first-order valence-corrected chi connectivity index (χ1v) is 9.49. The minimum absolute atomic E-state index is 0.159. The second-order valence-electron chi connectivity index (χ2n) is 5.78. The highest BCUT2D eigenvalue weighted by molar-refractivity contribution is 7.92. The SMILES string of the molecule is CCCCS(=O)(=O)Nc1ccc(Nc2ccc(C)c(C)c2)cc1.